The molecule has 1 aliphatic rings. The number of benzene rings is 1. The van der Waals surface area contributed by atoms with E-state index in [1.54, 1.807) is 12.1 Å². The van der Waals surface area contributed by atoms with Gasteiger partial charge in [0.2, 0.25) is 5.91 Å². The first kappa shape index (κ1) is 12.0. The quantitative estimate of drug-likeness (QED) is 0.813. The lowest BCUT2D eigenvalue weighted by Gasteiger charge is -2.07. The molecule has 0 atom stereocenters. The summed E-state index contributed by atoms with van der Waals surface area (Å²) in [6.07, 6.45) is 2.16. The van der Waals surface area contributed by atoms with Crippen molar-refractivity contribution in [2.24, 2.45) is 0 Å². The number of carbonyl (C=O) groups is 1. The number of hydrogen-bond acceptors (Lipinski definition) is 2. The number of amides is 1. The molecule has 2 rings (SSSR count). The number of rotatable bonds is 5. The van der Waals surface area contributed by atoms with Gasteiger partial charge < -0.3 is 10.6 Å². The molecule has 1 amide bonds. The largest absolute Gasteiger partial charge is 0.352 e. The van der Waals surface area contributed by atoms with E-state index in [1.807, 2.05) is 6.92 Å². The number of halogens is 1. The summed E-state index contributed by atoms with van der Waals surface area (Å²) < 4.78 is 13.4. The third kappa shape index (κ3) is 3.82. The normalized spacial score (nSPS) is 14.7. The van der Waals surface area contributed by atoms with Gasteiger partial charge in [0, 0.05) is 18.2 Å². The zero-order valence-electron chi connectivity index (χ0n) is 9.92. The summed E-state index contributed by atoms with van der Waals surface area (Å²) in [4.78, 5) is 11.4. The van der Waals surface area contributed by atoms with Gasteiger partial charge in [0.25, 0.3) is 0 Å². The minimum atomic E-state index is -0.231. The van der Waals surface area contributed by atoms with Crippen molar-refractivity contribution in [1.29, 1.82) is 0 Å². The summed E-state index contributed by atoms with van der Waals surface area (Å²) in [5.41, 5.74) is 1.62. The van der Waals surface area contributed by atoms with Gasteiger partial charge in [0.05, 0.1) is 6.54 Å². The Bertz CT molecular complexity index is 416. The van der Waals surface area contributed by atoms with Crippen molar-refractivity contribution >= 4 is 5.91 Å². The van der Waals surface area contributed by atoms with Crippen LogP contribution in [0, 0.1) is 12.7 Å². The Labute approximate surface area is 100 Å². The molecule has 1 aliphatic carbocycles. The average molecular weight is 236 g/mol. The smallest absolute Gasteiger partial charge is 0.234 e. The molecule has 0 aromatic heterocycles. The van der Waals surface area contributed by atoms with E-state index in [1.165, 1.54) is 6.07 Å². The number of hydrogen-bond donors (Lipinski definition) is 2. The average Bonchev–Trinajstić information content (AvgIpc) is 3.07. The molecule has 1 aromatic carbocycles. The van der Waals surface area contributed by atoms with Gasteiger partial charge in [0.1, 0.15) is 5.82 Å². The molecule has 4 heteroatoms. The maximum absolute atomic E-state index is 13.4. The first-order valence-corrected chi connectivity index (χ1v) is 5.90. The molecule has 0 spiro atoms. The van der Waals surface area contributed by atoms with E-state index >= 15 is 0 Å². The topological polar surface area (TPSA) is 41.1 Å². The van der Waals surface area contributed by atoms with Crippen molar-refractivity contribution < 1.29 is 9.18 Å². The molecular weight excluding hydrogens is 219 g/mol. The van der Waals surface area contributed by atoms with Crippen LogP contribution in [0.3, 0.4) is 0 Å². The fraction of sp³-hybridized carbons (Fsp3) is 0.462. The van der Waals surface area contributed by atoms with Crippen LogP contribution < -0.4 is 10.6 Å². The second-order valence-electron chi connectivity index (χ2n) is 4.54. The van der Waals surface area contributed by atoms with Crippen molar-refractivity contribution in [2.75, 3.05) is 6.54 Å². The molecule has 0 heterocycles. The van der Waals surface area contributed by atoms with Crippen molar-refractivity contribution in [3.05, 3.63) is 35.1 Å². The van der Waals surface area contributed by atoms with E-state index in [2.05, 4.69) is 10.6 Å². The van der Waals surface area contributed by atoms with Crippen LogP contribution in [0.4, 0.5) is 4.39 Å². The van der Waals surface area contributed by atoms with Crippen LogP contribution in [0.5, 0.6) is 0 Å². The maximum atomic E-state index is 13.4. The molecule has 1 saturated carbocycles. The fourth-order valence-corrected chi connectivity index (χ4v) is 1.66. The Balaban J connectivity index is 1.76. The molecule has 0 radical (unpaired) electrons. The van der Waals surface area contributed by atoms with Gasteiger partial charge in [-0.15, -0.1) is 0 Å². The van der Waals surface area contributed by atoms with Crippen molar-refractivity contribution in [3.8, 4) is 0 Å². The number of nitrogens with one attached hydrogen (secondary N) is 2. The molecule has 92 valence electrons. The van der Waals surface area contributed by atoms with Crippen molar-refractivity contribution in [2.45, 2.75) is 32.4 Å². The van der Waals surface area contributed by atoms with Gasteiger partial charge in [0.15, 0.2) is 0 Å². The molecule has 2 N–H and O–H groups in total. The minimum absolute atomic E-state index is 0.0134. The van der Waals surface area contributed by atoms with E-state index in [4.69, 9.17) is 0 Å². The Morgan fingerprint density at radius 3 is 2.94 bits per heavy atom. The van der Waals surface area contributed by atoms with Crippen LogP contribution >= 0.6 is 0 Å². The standard InChI is InChI=1S/C13H17FN2O/c1-9-2-5-12(14)10(6-9)7-15-8-13(17)16-11-3-4-11/h2,5-6,11,15H,3-4,7-8H2,1H3,(H,16,17). The highest BCUT2D eigenvalue weighted by molar-refractivity contribution is 5.78. The van der Waals surface area contributed by atoms with E-state index in [0.717, 1.165) is 18.4 Å². The van der Waals surface area contributed by atoms with Crippen LogP contribution in [-0.2, 0) is 11.3 Å². The van der Waals surface area contributed by atoms with Gasteiger partial charge in [-0.3, -0.25) is 4.79 Å². The predicted molar refractivity (Wildman–Crippen MR) is 64.0 cm³/mol. The summed E-state index contributed by atoms with van der Waals surface area (Å²) in [6, 6.07) is 5.36. The highest BCUT2D eigenvalue weighted by Gasteiger charge is 2.22. The van der Waals surface area contributed by atoms with Crippen LogP contribution in [0.15, 0.2) is 18.2 Å². The van der Waals surface area contributed by atoms with Gasteiger partial charge in [-0.1, -0.05) is 17.7 Å². The van der Waals surface area contributed by atoms with Crippen molar-refractivity contribution in [1.82, 2.24) is 10.6 Å². The highest BCUT2D eigenvalue weighted by atomic mass is 19.1. The van der Waals surface area contributed by atoms with Crippen LogP contribution in [0.1, 0.15) is 24.0 Å². The summed E-state index contributed by atoms with van der Waals surface area (Å²) in [5.74, 6) is -0.244. The second-order valence-corrected chi connectivity index (χ2v) is 4.54. The molecule has 0 unspecified atom stereocenters. The molecule has 0 saturated heterocycles. The molecule has 1 fully saturated rings. The first-order chi connectivity index (χ1) is 8.15. The number of aryl methyl sites for hydroxylation is 1. The lowest BCUT2D eigenvalue weighted by Crippen LogP contribution is -2.34. The Kier molecular flexibility index (Phi) is 3.74. The number of carbonyl (C=O) groups excluding carboxylic acids is 1. The lowest BCUT2D eigenvalue weighted by atomic mass is 10.1. The minimum Gasteiger partial charge on any atom is -0.352 e. The van der Waals surface area contributed by atoms with Crippen LogP contribution in [0.2, 0.25) is 0 Å². The van der Waals surface area contributed by atoms with Crippen LogP contribution in [-0.4, -0.2) is 18.5 Å². The Morgan fingerprint density at radius 1 is 1.47 bits per heavy atom. The SMILES string of the molecule is Cc1ccc(F)c(CNCC(=O)NC2CC2)c1. The predicted octanol–water partition coefficient (Wildman–Crippen LogP) is 1.50. The molecule has 3 nitrogen and oxygen atoms in total. The Hall–Kier alpha value is -1.42. The zero-order chi connectivity index (χ0) is 12.3. The zero-order valence-corrected chi connectivity index (χ0v) is 9.92. The second kappa shape index (κ2) is 5.27. The molecule has 0 aliphatic heterocycles. The van der Waals surface area contributed by atoms with Gasteiger partial charge >= 0.3 is 0 Å². The molecule has 0 bridgehead atoms. The van der Waals surface area contributed by atoms with E-state index in [9.17, 15) is 9.18 Å². The fourth-order valence-electron chi connectivity index (χ4n) is 1.66. The van der Waals surface area contributed by atoms with Gasteiger partial charge in [-0.05, 0) is 25.8 Å². The monoisotopic (exact) mass is 236 g/mol. The van der Waals surface area contributed by atoms with Gasteiger partial charge in [-0.25, -0.2) is 4.39 Å². The maximum Gasteiger partial charge on any atom is 0.234 e. The van der Waals surface area contributed by atoms with E-state index < -0.39 is 0 Å². The molecular formula is C13H17FN2O. The highest BCUT2D eigenvalue weighted by Crippen LogP contribution is 2.18. The molecule has 17 heavy (non-hydrogen) atoms. The lowest BCUT2D eigenvalue weighted by molar-refractivity contribution is -0.120. The first-order valence-electron chi connectivity index (χ1n) is 5.90. The summed E-state index contributed by atoms with van der Waals surface area (Å²) in [5, 5.41) is 5.82. The van der Waals surface area contributed by atoms with E-state index in [-0.39, 0.29) is 18.3 Å². The third-order valence-electron chi connectivity index (χ3n) is 2.74. The summed E-state index contributed by atoms with van der Waals surface area (Å²) in [7, 11) is 0. The third-order valence-corrected chi connectivity index (χ3v) is 2.74. The molecule has 1 aromatic rings. The van der Waals surface area contributed by atoms with Crippen molar-refractivity contribution in [3.63, 3.8) is 0 Å². The van der Waals surface area contributed by atoms with Crippen LogP contribution in [0.25, 0.3) is 0 Å². The van der Waals surface area contributed by atoms with E-state index in [0.29, 0.717) is 18.2 Å². The van der Waals surface area contributed by atoms with Gasteiger partial charge in [-0.2, -0.15) is 0 Å². The summed E-state index contributed by atoms with van der Waals surface area (Å²) >= 11 is 0. The summed E-state index contributed by atoms with van der Waals surface area (Å²) in [6.45, 7) is 2.54. The Morgan fingerprint density at radius 2 is 2.24 bits per heavy atom.